The standard InChI is InChI=1S/C22H17O/c1-16-7-10-19(11-8-16)22-15-20-14-18(9-12-21(20)23-22)13-17-5-3-2-4-6-17/h2-12,14-15H,1,13H2. The first-order valence-electron chi connectivity index (χ1n) is 7.77. The van der Waals surface area contributed by atoms with E-state index in [0.29, 0.717) is 0 Å². The third-order valence-corrected chi connectivity index (χ3v) is 4.07. The summed E-state index contributed by atoms with van der Waals surface area (Å²) in [5.41, 5.74) is 5.63. The molecule has 0 fully saturated rings. The van der Waals surface area contributed by atoms with Crippen LogP contribution in [0.15, 0.2) is 83.3 Å². The normalized spacial score (nSPS) is 11.0. The molecule has 23 heavy (non-hydrogen) atoms. The van der Waals surface area contributed by atoms with E-state index in [-0.39, 0.29) is 0 Å². The lowest BCUT2D eigenvalue weighted by Gasteiger charge is -2.01. The Morgan fingerprint density at radius 2 is 1.52 bits per heavy atom. The Kier molecular flexibility index (Phi) is 3.47. The van der Waals surface area contributed by atoms with Crippen LogP contribution in [0.25, 0.3) is 22.3 Å². The first kappa shape index (κ1) is 13.8. The van der Waals surface area contributed by atoms with E-state index in [0.717, 1.165) is 34.3 Å². The van der Waals surface area contributed by atoms with E-state index in [9.17, 15) is 0 Å². The third-order valence-electron chi connectivity index (χ3n) is 4.07. The van der Waals surface area contributed by atoms with Gasteiger partial charge in [0.05, 0.1) is 0 Å². The predicted octanol–water partition coefficient (Wildman–Crippen LogP) is 5.87. The zero-order valence-electron chi connectivity index (χ0n) is 12.8. The first-order chi connectivity index (χ1) is 11.3. The highest BCUT2D eigenvalue weighted by Gasteiger charge is 2.07. The van der Waals surface area contributed by atoms with Gasteiger partial charge in [0.1, 0.15) is 11.3 Å². The molecule has 0 saturated heterocycles. The van der Waals surface area contributed by atoms with Gasteiger partial charge in [0, 0.05) is 10.9 Å². The van der Waals surface area contributed by atoms with Crippen LogP contribution in [0.5, 0.6) is 0 Å². The van der Waals surface area contributed by atoms with Crippen LogP contribution in [0, 0.1) is 6.92 Å². The number of furan rings is 1. The van der Waals surface area contributed by atoms with Crippen molar-refractivity contribution in [3.63, 3.8) is 0 Å². The average Bonchev–Trinajstić information content (AvgIpc) is 3.00. The molecule has 0 saturated carbocycles. The zero-order chi connectivity index (χ0) is 15.6. The summed E-state index contributed by atoms with van der Waals surface area (Å²) in [7, 11) is 0. The Balaban J connectivity index is 1.68. The van der Waals surface area contributed by atoms with Gasteiger partial charge in [-0.2, -0.15) is 0 Å². The minimum atomic E-state index is 0.900. The summed E-state index contributed by atoms with van der Waals surface area (Å²) in [4.78, 5) is 0. The lowest BCUT2D eigenvalue weighted by atomic mass is 10.0. The Bertz CT molecular complexity index is 931. The van der Waals surface area contributed by atoms with Crippen LogP contribution in [-0.4, -0.2) is 0 Å². The summed E-state index contributed by atoms with van der Waals surface area (Å²) in [5, 5.41) is 1.15. The minimum Gasteiger partial charge on any atom is -0.456 e. The predicted molar refractivity (Wildman–Crippen MR) is 95.4 cm³/mol. The summed E-state index contributed by atoms with van der Waals surface area (Å²) < 4.78 is 5.98. The van der Waals surface area contributed by atoms with Gasteiger partial charge < -0.3 is 4.42 Å². The Morgan fingerprint density at radius 3 is 2.30 bits per heavy atom. The van der Waals surface area contributed by atoms with Gasteiger partial charge in [0.2, 0.25) is 0 Å². The van der Waals surface area contributed by atoms with Crippen molar-refractivity contribution in [1.29, 1.82) is 0 Å². The van der Waals surface area contributed by atoms with E-state index in [1.54, 1.807) is 0 Å². The number of benzene rings is 3. The Morgan fingerprint density at radius 1 is 0.739 bits per heavy atom. The van der Waals surface area contributed by atoms with Gasteiger partial charge in [-0.25, -0.2) is 0 Å². The Labute approximate surface area is 136 Å². The number of hydrogen-bond donors (Lipinski definition) is 0. The molecule has 0 aliphatic rings. The molecule has 111 valence electrons. The second kappa shape index (κ2) is 5.77. The highest BCUT2D eigenvalue weighted by molar-refractivity contribution is 5.83. The zero-order valence-corrected chi connectivity index (χ0v) is 12.8. The largest absolute Gasteiger partial charge is 0.456 e. The molecule has 0 spiro atoms. The molecule has 0 aliphatic heterocycles. The fourth-order valence-electron chi connectivity index (χ4n) is 2.85. The molecule has 0 bridgehead atoms. The van der Waals surface area contributed by atoms with Gasteiger partial charge in [-0.15, -0.1) is 0 Å². The highest BCUT2D eigenvalue weighted by Crippen LogP contribution is 2.29. The maximum Gasteiger partial charge on any atom is 0.135 e. The fourth-order valence-corrected chi connectivity index (χ4v) is 2.85. The van der Waals surface area contributed by atoms with Crippen LogP contribution < -0.4 is 0 Å². The summed E-state index contributed by atoms with van der Waals surface area (Å²) >= 11 is 0. The monoisotopic (exact) mass is 297 g/mol. The first-order valence-corrected chi connectivity index (χ1v) is 7.77. The maximum atomic E-state index is 5.98. The molecule has 0 amide bonds. The molecule has 0 aliphatic carbocycles. The van der Waals surface area contributed by atoms with Crippen molar-refractivity contribution in [2.75, 3.05) is 0 Å². The smallest absolute Gasteiger partial charge is 0.135 e. The third kappa shape index (κ3) is 2.91. The molecule has 4 rings (SSSR count). The van der Waals surface area contributed by atoms with Crippen LogP contribution in [0.4, 0.5) is 0 Å². The van der Waals surface area contributed by atoms with Crippen molar-refractivity contribution in [2.45, 2.75) is 6.42 Å². The van der Waals surface area contributed by atoms with E-state index < -0.39 is 0 Å². The van der Waals surface area contributed by atoms with Gasteiger partial charge in [-0.05, 0) is 48.2 Å². The fraction of sp³-hybridized carbons (Fsp3) is 0.0455. The lowest BCUT2D eigenvalue weighted by Crippen LogP contribution is -1.86. The van der Waals surface area contributed by atoms with Crippen LogP contribution >= 0.6 is 0 Å². The number of rotatable bonds is 3. The quantitative estimate of drug-likeness (QED) is 0.460. The molecule has 3 aromatic carbocycles. The van der Waals surface area contributed by atoms with E-state index in [2.05, 4.69) is 55.5 Å². The van der Waals surface area contributed by atoms with Crippen molar-refractivity contribution >= 4 is 11.0 Å². The SMILES string of the molecule is [CH2]c1ccc(-c2cc3cc(Cc4ccccc4)ccc3o2)cc1. The topological polar surface area (TPSA) is 13.1 Å². The van der Waals surface area contributed by atoms with E-state index >= 15 is 0 Å². The summed E-state index contributed by atoms with van der Waals surface area (Å²) in [6, 6.07) is 27.2. The van der Waals surface area contributed by atoms with Gasteiger partial charge in [0.25, 0.3) is 0 Å². The Hall–Kier alpha value is -2.80. The van der Waals surface area contributed by atoms with Gasteiger partial charge in [-0.1, -0.05) is 60.7 Å². The van der Waals surface area contributed by atoms with Crippen LogP contribution in [-0.2, 0) is 6.42 Å². The summed E-state index contributed by atoms with van der Waals surface area (Å²) in [6.45, 7) is 3.92. The van der Waals surface area contributed by atoms with Crippen LogP contribution in [0.2, 0.25) is 0 Å². The number of hydrogen-bond acceptors (Lipinski definition) is 1. The molecule has 1 radical (unpaired) electrons. The molecule has 1 heterocycles. The minimum absolute atomic E-state index is 0.900. The van der Waals surface area contributed by atoms with Crippen molar-refractivity contribution < 1.29 is 4.42 Å². The summed E-state index contributed by atoms with van der Waals surface area (Å²) in [5.74, 6) is 0.900. The van der Waals surface area contributed by atoms with Crippen molar-refractivity contribution in [1.82, 2.24) is 0 Å². The second-order valence-electron chi connectivity index (χ2n) is 5.84. The second-order valence-corrected chi connectivity index (χ2v) is 5.84. The van der Waals surface area contributed by atoms with Crippen molar-refractivity contribution in [3.8, 4) is 11.3 Å². The molecule has 0 atom stereocenters. The molecule has 1 heteroatoms. The molecular weight excluding hydrogens is 280 g/mol. The number of fused-ring (bicyclic) bond motifs is 1. The molecule has 0 N–H and O–H groups in total. The van der Waals surface area contributed by atoms with E-state index in [1.165, 1.54) is 11.1 Å². The van der Waals surface area contributed by atoms with Crippen molar-refractivity contribution in [2.24, 2.45) is 0 Å². The van der Waals surface area contributed by atoms with Gasteiger partial charge in [-0.3, -0.25) is 0 Å². The van der Waals surface area contributed by atoms with E-state index in [4.69, 9.17) is 4.42 Å². The maximum absolute atomic E-state index is 5.98. The highest BCUT2D eigenvalue weighted by atomic mass is 16.3. The van der Waals surface area contributed by atoms with Crippen molar-refractivity contribution in [3.05, 3.63) is 102 Å². The van der Waals surface area contributed by atoms with Crippen LogP contribution in [0.3, 0.4) is 0 Å². The molecule has 1 nitrogen and oxygen atoms in total. The molecular formula is C22H17O. The van der Waals surface area contributed by atoms with Crippen LogP contribution in [0.1, 0.15) is 16.7 Å². The lowest BCUT2D eigenvalue weighted by molar-refractivity contribution is 0.631. The molecule has 4 aromatic rings. The van der Waals surface area contributed by atoms with E-state index in [1.807, 2.05) is 30.3 Å². The van der Waals surface area contributed by atoms with Gasteiger partial charge in [0.15, 0.2) is 0 Å². The summed E-state index contributed by atoms with van der Waals surface area (Å²) in [6.07, 6.45) is 0.938. The average molecular weight is 297 g/mol. The molecule has 0 unspecified atom stereocenters. The van der Waals surface area contributed by atoms with Gasteiger partial charge >= 0.3 is 0 Å². The molecule has 1 aromatic heterocycles.